The van der Waals surface area contributed by atoms with Crippen molar-refractivity contribution in [1.29, 1.82) is 0 Å². The summed E-state index contributed by atoms with van der Waals surface area (Å²) < 4.78 is 33.0. The zero-order chi connectivity index (χ0) is 19.7. The number of rotatable bonds is 10. The Hall–Kier alpha value is -2.58. The molecule has 0 aliphatic heterocycles. The second kappa shape index (κ2) is 9.94. The Morgan fingerprint density at radius 2 is 1.67 bits per heavy atom. The van der Waals surface area contributed by atoms with Crippen LogP contribution in [0, 0.1) is 0 Å². The highest BCUT2D eigenvalue weighted by Gasteiger charge is 2.07. The number of sulfonamides is 1. The van der Waals surface area contributed by atoms with E-state index in [4.69, 9.17) is 14.6 Å². The van der Waals surface area contributed by atoms with Crippen molar-refractivity contribution in [3.63, 3.8) is 0 Å². The van der Waals surface area contributed by atoms with E-state index in [1.54, 1.807) is 19.2 Å². The van der Waals surface area contributed by atoms with Gasteiger partial charge in [-0.2, -0.15) is 0 Å². The highest BCUT2D eigenvalue weighted by molar-refractivity contribution is 7.89. The predicted octanol–water partition coefficient (Wildman–Crippen LogP) is 1.86. The molecule has 0 fully saturated rings. The van der Waals surface area contributed by atoms with Gasteiger partial charge in [0.1, 0.15) is 11.5 Å². The molecular weight excluding hydrogens is 368 g/mol. The Bertz CT molecular complexity index is 833. The van der Waals surface area contributed by atoms with Gasteiger partial charge in [0.25, 0.3) is 0 Å². The number of primary sulfonamides is 1. The normalized spacial score (nSPS) is 11.0. The Morgan fingerprint density at radius 3 is 2.26 bits per heavy atom. The van der Waals surface area contributed by atoms with E-state index in [0.29, 0.717) is 32.4 Å². The zero-order valence-electron chi connectivity index (χ0n) is 15.2. The van der Waals surface area contributed by atoms with Crippen molar-refractivity contribution in [3.05, 3.63) is 54.1 Å². The lowest BCUT2D eigenvalue weighted by Crippen LogP contribution is -2.25. The summed E-state index contributed by atoms with van der Waals surface area (Å²) in [6.45, 7) is 0.932. The van der Waals surface area contributed by atoms with Crippen molar-refractivity contribution in [2.45, 2.75) is 24.2 Å². The molecule has 2 aromatic carbocycles. The molecule has 0 aliphatic carbocycles. The summed E-state index contributed by atoms with van der Waals surface area (Å²) in [7, 11) is -2.07. The van der Waals surface area contributed by atoms with Gasteiger partial charge >= 0.3 is 0 Å². The number of hydrogen-bond acceptors (Lipinski definition) is 5. The molecule has 0 bridgehead atoms. The van der Waals surface area contributed by atoms with Crippen LogP contribution in [0.1, 0.15) is 18.4 Å². The minimum atomic E-state index is -3.68. The van der Waals surface area contributed by atoms with Gasteiger partial charge in [0.05, 0.1) is 18.6 Å². The quantitative estimate of drug-likeness (QED) is 0.600. The van der Waals surface area contributed by atoms with Crippen LogP contribution in [0.15, 0.2) is 53.4 Å². The molecule has 0 aromatic heterocycles. The molecule has 0 radical (unpaired) electrons. The van der Waals surface area contributed by atoms with Crippen molar-refractivity contribution >= 4 is 15.9 Å². The van der Waals surface area contributed by atoms with E-state index in [1.165, 1.54) is 12.1 Å². The van der Waals surface area contributed by atoms with Crippen molar-refractivity contribution in [3.8, 4) is 11.5 Å². The molecule has 2 aromatic rings. The van der Waals surface area contributed by atoms with Crippen LogP contribution in [0.25, 0.3) is 0 Å². The maximum atomic E-state index is 11.8. The Morgan fingerprint density at radius 1 is 1.04 bits per heavy atom. The van der Waals surface area contributed by atoms with Crippen LogP contribution in [-0.2, 0) is 21.2 Å². The Labute approximate surface area is 159 Å². The van der Waals surface area contributed by atoms with E-state index in [-0.39, 0.29) is 10.8 Å². The first-order chi connectivity index (χ1) is 12.9. The third-order valence-electron chi connectivity index (χ3n) is 3.86. The molecule has 7 nitrogen and oxygen atoms in total. The summed E-state index contributed by atoms with van der Waals surface area (Å²) >= 11 is 0. The van der Waals surface area contributed by atoms with Gasteiger partial charge < -0.3 is 14.8 Å². The van der Waals surface area contributed by atoms with Gasteiger partial charge in [-0.1, -0.05) is 12.1 Å². The van der Waals surface area contributed by atoms with Crippen molar-refractivity contribution in [2.24, 2.45) is 5.14 Å². The van der Waals surface area contributed by atoms with Crippen LogP contribution in [0.3, 0.4) is 0 Å². The molecule has 3 N–H and O–H groups in total. The molecule has 146 valence electrons. The van der Waals surface area contributed by atoms with Crippen LogP contribution in [0.4, 0.5) is 0 Å². The fourth-order valence-corrected chi connectivity index (χ4v) is 2.89. The zero-order valence-corrected chi connectivity index (χ0v) is 16.0. The summed E-state index contributed by atoms with van der Waals surface area (Å²) in [5.74, 6) is 1.45. The molecule has 0 saturated heterocycles. The molecule has 27 heavy (non-hydrogen) atoms. The second-order valence-electron chi connectivity index (χ2n) is 5.92. The van der Waals surface area contributed by atoms with Crippen molar-refractivity contribution in [1.82, 2.24) is 5.32 Å². The number of amides is 1. The largest absolute Gasteiger partial charge is 0.497 e. The van der Waals surface area contributed by atoms with Crippen molar-refractivity contribution in [2.75, 3.05) is 20.3 Å². The lowest BCUT2D eigenvalue weighted by atomic mass is 10.1. The first-order valence-electron chi connectivity index (χ1n) is 8.54. The summed E-state index contributed by atoms with van der Waals surface area (Å²) in [5.41, 5.74) is 0.922. The number of nitrogens with one attached hydrogen (secondary N) is 1. The van der Waals surface area contributed by atoms with Crippen molar-refractivity contribution < 1.29 is 22.7 Å². The van der Waals surface area contributed by atoms with Crippen LogP contribution >= 0.6 is 0 Å². The molecular formula is C19H24N2O5S. The van der Waals surface area contributed by atoms with Crippen LogP contribution in [0.2, 0.25) is 0 Å². The number of hydrogen-bond donors (Lipinski definition) is 2. The summed E-state index contributed by atoms with van der Waals surface area (Å²) in [6.07, 6.45) is 1.60. The summed E-state index contributed by atoms with van der Waals surface area (Å²) in [6, 6.07) is 13.6. The van der Waals surface area contributed by atoms with Gasteiger partial charge in [-0.25, -0.2) is 13.6 Å². The minimum absolute atomic E-state index is 0.0468. The number of carbonyl (C=O) groups is 1. The molecule has 0 saturated carbocycles. The molecule has 0 aliphatic rings. The molecule has 1 amide bonds. The number of ether oxygens (including phenoxy) is 2. The van der Waals surface area contributed by atoms with E-state index in [9.17, 15) is 13.2 Å². The van der Waals surface area contributed by atoms with Gasteiger partial charge in [0, 0.05) is 13.0 Å². The van der Waals surface area contributed by atoms with Crippen LogP contribution in [-0.4, -0.2) is 34.6 Å². The maximum Gasteiger partial charge on any atom is 0.238 e. The fraction of sp³-hybridized carbons (Fsp3) is 0.316. The van der Waals surface area contributed by atoms with Crippen LogP contribution in [0.5, 0.6) is 11.5 Å². The number of benzene rings is 2. The SMILES string of the molecule is COc1ccc(OCCCC(=O)NCCc2ccc(S(N)(=O)=O)cc2)cc1. The smallest absolute Gasteiger partial charge is 0.238 e. The molecule has 0 unspecified atom stereocenters. The van der Waals surface area contributed by atoms with Gasteiger partial charge in [0.2, 0.25) is 15.9 Å². The summed E-state index contributed by atoms with van der Waals surface area (Å²) in [5, 5.41) is 7.89. The van der Waals surface area contributed by atoms with E-state index in [2.05, 4.69) is 5.32 Å². The molecule has 0 spiro atoms. The number of carbonyl (C=O) groups excluding carboxylic acids is 1. The second-order valence-corrected chi connectivity index (χ2v) is 7.48. The van der Waals surface area contributed by atoms with E-state index >= 15 is 0 Å². The molecule has 8 heteroatoms. The van der Waals surface area contributed by atoms with Gasteiger partial charge in [-0.05, 0) is 54.8 Å². The monoisotopic (exact) mass is 392 g/mol. The lowest BCUT2D eigenvalue weighted by molar-refractivity contribution is -0.121. The lowest BCUT2D eigenvalue weighted by Gasteiger charge is -2.08. The topological polar surface area (TPSA) is 108 Å². The maximum absolute atomic E-state index is 11.8. The van der Waals surface area contributed by atoms with E-state index in [0.717, 1.165) is 17.1 Å². The highest BCUT2D eigenvalue weighted by Crippen LogP contribution is 2.17. The molecule has 0 atom stereocenters. The average Bonchev–Trinajstić information content (AvgIpc) is 2.65. The Kier molecular flexibility index (Phi) is 7.63. The van der Waals surface area contributed by atoms with Gasteiger partial charge in [-0.3, -0.25) is 4.79 Å². The van der Waals surface area contributed by atoms with Gasteiger partial charge in [-0.15, -0.1) is 0 Å². The van der Waals surface area contributed by atoms with E-state index in [1.807, 2.05) is 24.3 Å². The fourth-order valence-electron chi connectivity index (χ4n) is 2.38. The number of methoxy groups -OCH3 is 1. The first-order valence-corrected chi connectivity index (χ1v) is 10.1. The predicted molar refractivity (Wildman–Crippen MR) is 102 cm³/mol. The average molecular weight is 392 g/mol. The third-order valence-corrected chi connectivity index (χ3v) is 4.79. The van der Waals surface area contributed by atoms with Gasteiger partial charge in [0.15, 0.2) is 0 Å². The highest BCUT2D eigenvalue weighted by atomic mass is 32.2. The third kappa shape index (κ3) is 7.28. The van der Waals surface area contributed by atoms with E-state index < -0.39 is 10.0 Å². The minimum Gasteiger partial charge on any atom is -0.497 e. The Balaban J connectivity index is 1.61. The molecule has 0 heterocycles. The molecule has 2 rings (SSSR count). The standard InChI is InChI=1S/C19H24N2O5S/c1-25-16-6-8-17(9-7-16)26-14-2-3-19(22)21-13-12-15-4-10-18(11-5-15)27(20,23)24/h4-11H,2-3,12-14H2,1H3,(H,21,22)(H2,20,23,24). The first kappa shape index (κ1) is 20.7. The number of nitrogens with two attached hydrogens (primary N) is 1. The summed E-state index contributed by atoms with van der Waals surface area (Å²) in [4.78, 5) is 11.9. The van der Waals surface area contributed by atoms with Crippen LogP contribution < -0.4 is 19.9 Å².